The number of phenols is 1. The maximum atomic E-state index is 12.3. The van der Waals surface area contributed by atoms with Gasteiger partial charge in [0.25, 0.3) is 0 Å². The van der Waals surface area contributed by atoms with Gasteiger partial charge in [-0.05, 0) is 40.8 Å². The van der Waals surface area contributed by atoms with E-state index in [4.69, 9.17) is 0 Å². The minimum absolute atomic E-state index is 0.0774. The molecule has 0 fully saturated rings. The fourth-order valence-electron chi connectivity index (χ4n) is 2.37. The van der Waals surface area contributed by atoms with Gasteiger partial charge in [-0.1, -0.05) is 51.1 Å². The normalized spacial score (nSPS) is 11.5. The lowest BCUT2D eigenvalue weighted by atomic mass is 9.87. The Hall–Kier alpha value is -2.88. The number of anilines is 1. The van der Waals surface area contributed by atoms with Crippen LogP contribution in [0.2, 0.25) is 0 Å². The molecule has 0 aliphatic heterocycles. The van der Waals surface area contributed by atoms with Crippen molar-refractivity contribution in [3.63, 3.8) is 0 Å². The third-order valence-corrected chi connectivity index (χ3v) is 3.79. The molecule has 4 heteroatoms. The number of carbonyl (C=O) groups excluding carboxylic acids is 2. The van der Waals surface area contributed by atoms with Gasteiger partial charge in [0, 0.05) is 12.6 Å². The van der Waals surface area contributed by atoms with Gasteiger partial charge < -0.3 is 10.4 Å². The third-order valence-electron chi connectivity index (χ3n) is 3.79. The zero-order chi connectivity index (χ0) is 18.6. The molecule has 0 bridgehead atoms. The molecule has 0 saturated carbocycles. The lowest BCUT2D eigenvalue weighted by Crippen LogP contribution is -2.10. The summed E-state index contributed by atoms with van der Waals surface area (Å²) in [6.45, 7) is 7.82. The van der Waals surface area contributed by atoms with E-state index in [1.807, 2.05) is 24.3 Å². The van der Waals surface area contributed by atoms with Crippen LogP contribution in [0, 0.1) is 0 Å². The molecule has 0 heterocycles. The molecule has 0 spiro atoms. The molecule has 2 aromatic rings. The molecule has 2 N–H and O–H groups in total. The van der Waals surface area contributed by atoms with Crippen molar-refractivity contribution in [2.75, 3.05) is 5.32 Å². The maximum absolute atomic E-state index is 12.3. The monoisotopic (exact) mass is 337 g/mol. The van der Waals surface area contributed by atoms with E-state index in [1.54, 1.807) is 12.1 Å². The number of phenolic OH excluding ortho intramolecular Hbond substituents is 1. The van der Waals surface area contributed by atoms with E-state index in [9.17, 15) is 14.7 Å². The molecule has 0 aromatic heterocycles. The van der Waals surface area contributed by atoms with Gasteiger partial charge in [-0.3, -0.25) is 9.59 Å². The van der Waals surface area contributed by atoms with Gasteiger partial charge in [-0.15, -0.1) is 0 Å². The zero-order valence-electron chi connectivity index (χ0n) is 15.0. The van der Waals surface area contributed by atoms with Crippen LogP contribution in [0.4, 0.5) is 5.69 Å². The van der Waals surface area contributed by atoms with E-state index >= 15 is 0 Å². The van der Waals surface area contributed by atoms with Crippen LogP contribution in [0.15, 0.2) is 48.5 Å². The Morgan fingerprint density at radius 3 is 2.24 bits per heavy atom. The highest BCUT2D eigenvalue weighted by Crippen LogP contribution is 2.24. The molecular formula is C21H23NO3. The van der Waals surface area contributed by atoms with Crippen LogP contribution >= 0.6 is 0 Å². The predicted octanol–water partition coefficient (Wildman–Crippen LogP) is 4.54. The van der Waals surface area contributed by atoms with Crippen molar-refractivity contribution in [3.05, 3.63) is 65.2 Å². The smallest absolute Gasteiger partial charge is 0.221 e. The van der Waals surface area contributed by atoms with Crippen LogP contribution in [-0.4, -0.2) is 16.8 Å². The van der Waals surface area contributed by atoms with Crippen molar-refractivity contribution in [1.82, 2.24) is 0 Å². The maximum Gasteiger partial charge on any atom is 0.221 e. The lowest BCUT2D eigenvalue weighted by Gasteiger charge is -2.18. The number of amides is 1. The number of carbonyl (C=O) groups is 2. The van der Waals surface area contributed by atoms with Crippen molar-refractivity contribution in [3.8, 4) is 5.75 Å². The van der Waals surface area contributed by atoms with Crippen LogP contribution in [0.3, 0.4) is 0 Å². The van der Waals surface area contributed by atoms with Crippen molar-refractivity contribution in [2.45, 2.75) is 33.1 Å². The standard InChI is InChI=1S/C21H23NO3/c1-14(23)22-17-10-12-20(25)18(13-17)19(24)11-7-15-5-8-16(9-6-15)21(2,3)4/h5-13,25H,1-4H3,(H,22,23). The molecule has 0 atom stereocenters. The summed E-state index contributed by atoms with van der Waals surface area (Å²) in [6.07, 6.45) is 3.12. The zero-order valence-corrected chi connectivity index (χ0v) is 15.0. The Morgan fingerprint density at radius 2 is 1.68 bits per heavy atom. The number of rotatable bonds is 4. The van der Waals surface area contributed by atoms with Crippen LogP contribution in [0.1, 0.15) is 49.2 Å². The third kappa shape index (κ3) is 5.05. The number of ketones is 1. The Labute approximate surface area is 148 Å². The predicted molar refractivity (Wildman–Crippen MR) is 101 cm³/mol. The minimum atomic E-state index is -0.329. The number of benzene rings is 2. The van der Waals surface area contributed by atoms with Gasteiger partial charge in [-0.2, -0.15) is 0 Å². The molecule has 0 radical (unpaired) electrons. The molecule has 0 saturated heterocycles. The Balaban J connectivity index is 2.18. The second-order valence-corrected chi connectivity index (χ2v) is 6.98. The number of hydrogen-bond acceptors (Lipinski definition) is 3. The van der Waals surface area contributed by atoms with E-state index in [2.05, 4.69) is 26.1 Å². The quantitative estimate of drug-likeness (QED) is 0.489. The summed E-state index contributed by atoms with van der Waals surface area (Å²) >= 11 is 0. The van der Waals surface area contributed by atoms with Crippen molar-refractivity contribution in [2.24, 2.45) is 0 Å². The number of allylic oxidation sites excluding steroid dienone is 1. The second kappa shape index (κ2) is 7.34. The molecule has 0 aliphatic rings. The average molecular weight is 337 g/mol. The molecule has 1 amide bonds. The lowest BCUT2D eigenvalue weighted by molar-refractivity contribution is -0.114. The summed E-state index contributed by atoms with van der Waals surface area (Å²) in [5.74, 6) is -0.685. The second-order valence-electron chi connectivity index (χ2n) is 6.98. The number of hydrogen-bond donors (Lipinski definition) is 2. The SMILES string of the molecule is CC(=O)Nc1ccc(O)c(C(=O)C=Cc2ccc(C(C)(C)C)cc2)c1. The molecule has 2 aromatic carbocycles. The molecule has 0 aliphatic carbocycles. The summed E-state index contributed by atoms with van der Waals surface area (Å²) < 4.78 is 0. The molecule has 2 rings (SSSR count). The first kappa shape index (κ1) is 18.5. The topological polar surface area (TPSA) is 66.4 Å². The molecular weight excluding hydrogens is 314 g/mol. The van der Waals surface area contributed by atoms with Gasteiger partial charge in [-0.25, -0.2) is 0 Å². The largest absolute Gasteiger partial charge is 0.507 e. The Bertz CT molecular complexity index is 812. The summed E-state index contributed by atoms with van der Waals surface area (Å²) in [7, 11) is 0. The van der Waals surface area contributed by atoms with E-state index in [-0.39, 0.29) is 28.4 Å². The summed E-state index contributed by atoms with van der Waals surface area (Å²) in [6, 6.07) is 12.4. The van der Waals surface area contributed by atoms with E-state index in [0.29, 0.717) is 5.69 Å². The number of nitrogens with one attached hydrogen (secondary N) is 1. The van der Waals surface area contributed by atoms with Crippen LogP contribution < -0.4 is 5.32 Å². The van der Waals surface area contributed by atoms with Gasteiger partial charge in [0.1, 0.15) is 5.75 Å². The van der Waals surface area contributed by atoms with Crippen molar-refractivity contribution >= 4 is 23.5 Å². The Kier molecular flexibility index (Phi) is 5.42. The average Bonchev–Trinajstić information content (AvgIpc) is 2.53. The van der Waals surface area contributed by atoms with Crippen LogP contribution in [-0.2, 0) is 10.2 Å². The molecule has 4 nitrogen and oxygen atoms in total. The fourth-order valence-corrected chi connectivity index (χ4v) is 2.37. The van der Waals surface area contributed by atoms with E-state index in [1.165, 1.54) is 30.7 Å². The summed E-state index contributed by atoms with van der Waals surface area (Å²) in [4.78, 5) is 23.5. The van der Waals surface area contributed by atoms with Crippen LogP contribution in [0.5, 0.6) is 5.75 Å². The first-order valence-corrected chi connectivity index (χ1v) is 8.10. The molecule has 25 heavy (non-hydrogen) atoms. The van der Waals surface area contributed by atoms with E-state index < -0.39 is 0 Å². The highest BCUT2D eigenvalue weighted by molar-refractivity contribution is 6.09. The van der Waals surface area contributed by atoms with Gasteiger partial charge in [0.15, 0.2) is 5.78 Å². The highest BCUT2D eigenvalue weighted by Gasteiger charge is 2.13. The van der Waals surface area contributed by atoms with Gasteiger partial charge >= 0.3 is 0 Å². The Morgan fingerprint density at radius 1 is 1.04 bits per heavy atom. The first-order chi connectivity index (χ1) is 11.7. The minimum Gasteiger partial charge on any atom is -0.507 e. The molecule has 130 valence electrons. The van der Waals surface area contributed by atoms with Gasteiger partial charge in [0.2, 0.25) is 5.91 Å². The summed E-state index contributed by atoms with van der Waals surface area (Å²) in [5, 5.41) is 12.5. The highest BCUT2D eigenvalue weighted by atomic mass is 16.3. The van der Waals surface area contributed by atoms with Crippen molar-refractivity contribution in [1.29, 1.82) is 0 Å². The fraction of sp³-hybridized carbons (Fsp3) is 0.238. The first-order valence-electron chi connectivity index (χ1n) is 8.10. The summed E-state index contributed by atoms with van der Waals surface area (Å²) in [5.41, 5.74) is 2.81. The van der Waals surface area contributed by atoms with Crippen molar-refractivity contribution < 1.29 is 14.7 Å². The number of aromatic hydroxyl groups is 1. The molecule has 0 unspecified atom stereocenters. The van der Waals surface area contributed by atoms with Gasteiger partial charge in [0.05, 0.1) is 5.56 Å². The van der Waals surface area contributed by atoms with E-state index in [0.717, 1.165) is 5.56 Å². The van der Waals surface area contributed by atoms with Crippen LogP contribution in [0.25, 0.3) is 6.08 Å².